The Balaban J connectivity index is 1.48. The van der Waals surface area contributed by atoms with Gasteiger partial charge in [-0.1, -0.05) is 37.1 Å². The summed E-state index contributed by atoms with van der Waals surface area (Å²) in [4.78, 5) is 74.2. The van der Waals surface area contributed by atoms with Crippen LogP contribution in [0.1, 0.15) is 119 Å². The van der Waals surface area contributed by atoms with Crippen molar-refractivity contribution in [3.63, 3.8) is 0 Å². The zero-order chi connectivity index (χ0) is 40.5. The summed E-state index contributed by atoms with van der Waals surface area (Å²) in [5.41, 5.74) is 19.0. The minimum absolute atomic E-state index is 0.0424. The van der Waals surface area contributed by atoms with E-state index in [1.54, 1.807) is 65.8 Å². The van der Waals surface area contributed by atoms with E-state index < -0.39 is 47.0 Å². The van der Waals surface area contributed by atoms with Crippen LogP contribution in [0, 0.1) is 0 Å². The SMILES string of the molecule is CC(C)(C)OC(=O)CC[C@@H](C(=O)OC(=O)[C@@H](N)Cc1cccc(C2CCCC2)c1)N(C(=O)c1ccc(NCCCc2c(N)nc(N)[nH]c2=O)cc1)C(C)(C)C. The normalized spacial score (nSPS) is 14.5. The molecule has 55 heavy (non-hydrogen) atoms. The summed E-state index contributed by atoms with van der Waals surface area (Å²) in [6.07, 6.45) is 5.40. The standard InChI is InChI=1S/C41H57N7O7/c1-40(2,3)48(36(51)27-16-18-29(19-17-27)45-22-10-15-30-34(43)46-39(44)47-35(30)50)32(20-21-33(49)55-41(4,5)6)38(53)54-37(52)31(42)24-25-11-9-14-28(23-25)26-12-7-8-13-26/h9,11,14,16-19,23,26,31-32,45H,7-8,10,12-13,15,20-22,24,42H2,1-6H3,(H5,43,44,46,47,50)/t31-,32-/m0/s1. The number of amides is 1. The van der Waals surface area contributed by atoms with Gasteiger partial charge in [-0.3, -0.25) is 19.4 Å². The lowest BCUT2D eigenvalue weighted by Gasteiger charge is -2.40. The Labute approximate surface area is 322 Å². The quantitative estimate of drug-likeness (QED) is 0.0784. The van der Waals surface area contributed by atoms with Crippen LogP contribution in [0.2, 0.25) is 0 Å². The van der Waals surface area contributed by atoms with Gasteiger partial charge < -0.3 is 36.9 Å². The van der Waals surface area contributed by atoms with Crippen molar-refractivity contribution < 1.29 is 28.7 Å². The fourth-order valence-electron chi connectivity index (χ4n) is 6.87. The van der Waals surface area contributed by atoms with Crippen molar-refractivity contribution in [1.82, 2.24) is 14.9 Å². The van der Waals surface area contributed by atoms with Crippen molar-refractivity contribution >= 4 is 41.3 Å². The molecule has 1 saturated carbocycles. The number of benzene rings is 2. The second-order valence-electron chi connectivity index (χ2n) is 16.2. The molecule has 1 aromatic heterocycles. The molecule has 14 heteroatoms. The van der Waals surface area contributed by atoms with Crippen molar-refractivity contribution in [3.05, 3.63) is 81.1 Å². The minimum Gasteiger partial charge on any atom is -0.460 e. The maximum Gasteiger partial charge on any atom is 0.336 e. The molecule has 1 aliphatic carbocycles. The predicted molar refractivity (Wildman–Crippen MR) is 212 cm³/mol. The molecule has 3 aromatic rings. The van der Waals surface area contributed by atoms with Crippen molar-refractivity contribution in [2.45, 2.75) is 128 Å². The van der Waals surface area contributed by atoms with Crippen molar-refractivity contribution in [2.24, 2.45) is 5.73 Å². The molecule has 0 saturated heterocycles. The van der Waals surface area contributed by atoms with Crippen molar-refractivity contribution in [2.75, 3.05) is 23.3 Å². The molecule has 2 atom stereocenters. The first-order valence-electron chi connectivity index (χ1n) is 19.0. The minimum atomic E-state index is -1.32. The fourth-order valence-corrected chi connectivity index (χ4v) is 6.87. The van der Waals surface area contributed by atoms with E-state index in [-0.39, 0.29) is 42.2 Å². The monoisotopic (exact) mass is 759 g/mol. The highest BCUT2D eigenvalue weighted by atomic mass is 16.6. The highest BCUT2D eigenvalue weighted by Gasteiger charge is 2.40. The number of carbonyl (C=O) groups is 4. The van der Waals surface area contributed by atoms with Gasteiger partial charge in [-0.25, -0.2) is 9.59 Å². The summed E-state index contributed by atoms with van der Waals surface area (Å²) in [5, 5.41) is 3.25. The van der Waals surface area contributed by atoms with Crippen LogP contribution < -0.4 is 28.1 Å². The summed E-state index contributed by atoms with van der Waals surface area (Å²) < 4.78 is 10.9. The third-order valence-corrected chi connectivity index (χ3v) is 9.43. The molecule has 4 rings (SSSR count). The summed E-state index contributed by atoms with van der Waals surface area (Å²) >= 11 is 0. The Bertz CT molecular complexity index is 1870. The Morgan fingerprint density at radius 1 is 0.982 bits per heavy atom. The molecule has 8 N–H and O–H groups in total. The second kappa shape index (κ2) is 18.4. The Hall–Kier alpha value is -5.24. The molecule has 0 radical (unpaired) electrons. The number of aromatic nitrogens is 2. The van der Waals surface area contributed by atoms with Gasteiger partial charge in [-0.05, 0) is 121 Å². The van der Waals surface area contributed by atoms with Gasteiger partial charge in [0.1, 0.15) is 23.5 Å². The summed E-state index contributed by atoms with van der Waals surface area (Å²) in [6.45, 7) is 11.0. The van der Waals surface area contributed by atoms with E-state index in [9.17, 15) is 24.0 Å². The van der Waals surface area contributed by atoms with Gasteiger partial charge >= 0.3 is 17.9 Å². The average molecular weight is 760 g/mol. The topological polar surface area (TPSA) is 226 Å². The molecule has 298 valence electrons. The zero-order valence-corrected chi connectivity index (χ0v) is 32.9. The fraction of sp³-hybridized carbons (Fsp3) is 0.512. The number of nitrogens with zero attached hydrogens (tertiary/aromatic N) is 2. The number of esters is 3. The van der Waals surface area contributed by atoms with Crippen LogP contribution in [-0.2, 0) is 36.7 Å². The molecular formula is C41H57N7O7. The number of nitrogens with two attached hydrogens (primary N) is 3. The highest BCUT2D eigenvalue weighted by Crippen LogP contribution is 2.34. The van der Waals surface area contributed by atoms with E-state index in [1.165, 1.54) is 23.3 Å². The number of carbonyl (C=O) groups excluding carboxylic acids is 4. The third kappa shape index (κ3) is 12.4. The Morgan fingerprint density at radius 3 is 2.27 bits per heavy atom. The van der Waals surface area contributed by atoms with Gasteiger partial charge in [0.25, 0.3) is 11.5 Å². The zero-order valence-electron chi connectivity index (χ0n) is 32.9. The number of rotatable bonds is 15. The second-order valence-corrected chi connectivity index (χ2v) is 16.2. The van der Waals surface area contributed by atoms with E-state index in [0.29, 0.717) is 36.6 Å². The Morgan fingerprint density at radius 2 is 1.65 bits per heavy atom. The average Bonchev–Trinajstić information content (AvgIpc) is 3.63. The van der Waals surface area contributed by atoms with Crippen LogP contribution in [-0.4, -0.2) is 68.5 Å². The summed E-state index contributed by atoms with van der Waals surface area (Å²) in [7, 11) is 0. The molecule has 2 aromatic carbocycles. The van der Waals surface area contributed by atoms with Crippen LogP contribution in [0.4, 0.5) is 17.5 Å². The lowest BCUT2D eigenvalue weighted by molar-refractivity contribution is -0.165. The molecule has 1 heterocycles. The number of anilines is 3. The number of hydrogen-bond acceptors (Lipinski definition) is 12. The molecule has 1 amide bonds. The first kappa shape index (κ1) is 42.5. The van der Waals surface area contributed by atoms with Crippen LogP contribution in [0.3, 0.4) is 0 Å². The van der Waals surface area contributed by atoms with Crippen molar-refractivity contribution in [3.8, 4) is 0 Å². The molecule has 1 fully saturated rings. The van der Waals surface area contributed by atoms with E-state index in [2.05, 4.69) is 27.4 Å². The maximum atomic E-state index is 14.2. The first-order valence-corrected chi connectivity index (χ1v) is 19.0. The number of hydrogen-bond donors (Lipinski definition) is 5. The lowest BCUT2D eigenvalue weighted by atomic mass is 9.94. The van der Waals surface area contributed by atoms with Gasteiger partial charge in [0, 0.05) is 29.8 Å². The summed E-state index contributed by atoms with van der Waals surface area (Å²) in [5.74, 6) is -2.44. The number of ether oxygens (including phenoxy) is 2. The third-order valence-electron chi connectivity index (χ3n) is 9.43. The molecule has 0 unspecified atom stereocenters. The van der Waals surface area contributed by atoms with Gasteiger partial charge in [0.15, 0.2) is 0 Å². The van der Waals surface area contributed by atoms with E-state index in [1.807, 2.05) is 12.1 Å². The van der Waals surface area contributed by atoms with Crippen LogP contribution in [0.25, 0.3) is 0 Å². The highest BCUT2D eigenvalue weighted by molar-refractivity contribution is 5.99. The number of nitrogen functional groups attached to an aromatic ring is 2. The molecule has 14 nitrogen and oxygen atoms in total. The Kier molecular flexibility index (Phi) is 14.2. The molecule has 0 aliphatic heterocycles. The largest absolute Gasteiger partial charge is 0.460 e. The van der Waals surface area contributed by atoms with E-state index in [0.717, 1.165) is 18.4 Å². The summed E-state index contributed by atoms with van der Waals surface area (Å²) in [6, 6.07) is 12.2. The smallest absolute Gasteiger partial charge is 0.336 e. The number of aromatic amines is 1. The molecule has 0 bridgehead atoms. The van der Waals surface area contributed by atoms with Crippen LogP contribution in [0.15, 0.2) is 53.3 Å². The van der Waals surface area contributed by atoms with Crippen LogP contribution >= 0.6 is 0 Å². The predicted octanol–water partition coefficient (Wildman–Crippen LogP) is 5.01. The van der Waals surface area contributed by atoms with Crippen LogP contribution in [0.5, 0.6) is 0 Å². The first-order chi connectivity index (χ1) is 25.8. The van der Waals surface area contributed by atoms with Gasteiger partial charge in [0.05, 0.1) is 5.56 Å². The molecular weight excluding hydrogens is 702 g/mol. The molecule has 1 aliphatic rings. The van der Waals surface area contributed by atoms with Crippen molar-refractivity contribution in [1.29, 1.82) is 0 Å². The van der Waals surface area contributed by atoms with E-state index in [4.69, 9.17) is 26.7 Å². The maximum absolute atomic E-state index is 14.2. The lowest BCUT2D eigenvalue weighted by Crippen LogP contribution is -2.56. The van der Waals surface area contributed by atoms with Gasteiger partial charge in [0.2, 0.25) is 5.95 Å². The number of nitrogens with one attached hydrogen (secondary N) is 2. The van der Waals surface area contributed by atoms with E-state index >= 15 is 0 Å². The van der Waals surface area contributed by atoms with Gasteiger partial charge in [-0.15, -0.1) is 0 Å². The number of H-pyrrole nitrogens is 1. The van der Waals surface area contributed by atoms with Gasteiger partial charge in [-0.2, -0.15) is 4.98 Å². The molecule has 0 spiro atoms.